The highest BCUT2D eigenvalue weighted by atomic mass is 16.4. The molecule has 1 saturated carbocycles. The van der Waals surface area contributed by atoms with Crippen LogP contribution in [0.1, 0.15) is 45.4 Å². The van der Waals surface area contributed by atoms with Gasteiger partial charge in [-0.05, 0) is 38.5 Å². The van der Waals surface area contributed by atoms with Gasteiger partial charge in [0, 0.05) is 19.0 Å². The minimum Gasteiger partial charge on any atom is -0.481 e. The second-order valence-corrected chi connectivity index (χ2v) is 5.11. The van der Waals surface area contributed by atoms with E-state index in [-0.39, 0.29) is 17.4 Å². The zero-order chi connectivity index (χ0) is 11.8. The molecule has 1 aliphatic carbocycles. The Hall–Kier alpha value is -1.06. The standard InChI is InChI=1S/C12H19NO3/c1-9(14)13-8-2-5-12(13)6-3-10(4-7-12)11(15)16/h10H,2-8H2,1H3,(H,15,16). The Morgan fingerprint density at radius 1 is 1.25 bits per heavy atom. The van der Waals surface area contributed by atoms with E-state index < -0.39 is 5.97 Å². The number of amides is 1. The number of carbonyl (C=O) groups is 2. The van der Waals surface area contributed by atoms with Crippen molar-refractivity contribution in [2.45, 2.75) is 51.0 Å². The third-order valence-corrected chi connectivity index (χ3v) is 4.24. The van der Waals surface area contributed by atoms with Crippen LogP contribution in [0.4, 0.5) is 0 Å². The Morgan fingerprint density at radius 2 is 1.88 bits per heavy atom. The van der Waals surface area contributed by atoms with Gasteiger partial charge in [0.2, 0.25) is 5.91 Å². The topological polar surface area (TPSA) is 57.6 Å². The van der Waals surface area contributed by atoms with E-state index in [1.807, 2.05) is 4.90 Å². The van der Waals surface area contributed by atoms with Gasteiger partial charge in [-0.2, -0.15) is 0 Å². The van der Waals surface area contributed by atoms with Crippen molar-refractivity contribution >= 4 is 11.9 Å². The van der Waals surface area contributed by atoms with Crippen LogP contribution in [-0.2, 0) is 9.59 Å². The van der Waals surface area contributed by atoms with Crippen molar-refractivity contribution < 1.29 is 14.7 Å². The van der Waals surface area contributed by atoms with Gasteiger partial charge in [0.05, 0.1) is 5.92 Å². The number of hydrogen-bond acceptors (Lipinski definition) is 2. The molecular formula is C12H19NO3. The summed E-state index contributed by atoms with van der Waals surface area (Å²) in [5.74, 6) is -0.728. The maximum Gasteiger partial charge on any atom is 0.306 e. The minimum atomic E-state index is -0.678. The van der Waals surface area contributed by atoms with E-state index in [4.69, 9.17) is 5.11 Å². The van der Waals surface area contributed by atoms with Crippen molar-refractivity contribution in [2.75, 3.05) is 6.54 Å². The smallest absolute Gasteiger partial charge is 0.306 e. The first kappa shape index (κ1) is 11.4. The number of hydrogen-bond donors (Lipinski definition) is 1. The van der Waals surface area contributed by atoms with Crippen molar-refractivity contribution in [1.29, 1.82) is 0 Å². The zero-order valence-corrected chi connectivity index (χ0v) is 9.74. The summed E-state index contributed by atoms with van der Waals surface area (Å²) in [5, 5.41) is 8.96. The Balaban J connectivity index is 2.05. The summed E-state index contributed by atoms with van der Waals surface area (Å²) in [7, 11) is 0. The van der Waals surface area contributed by atoms with Gasteiger partial charge in [0.1, 0.15) is 0 Å². The van der Waals surface area contributed by atoms with E-state index in [1.165, 1.54) is 0 Å². The molecule has 1 amide bonds. The molecule has 0 atom stereocenters. The highest BCUT2D eigenvalue weighted by Crippen LogP contribution is 2.43. The molecule has 1 heterocycles. The lowest BCUT2D eigenvalue weighted by atomic mass is 9.75. The van der Waals surface area contributed by atoms with Crippen LogP contribution in [0.15, 0.2) is 0 Å². The van der Waals surface area contributed by atoms with E-state index in [1.54, 1.807) is 6.92 Å². The third kappa shape index (κ3) is 1.81. The quantitative estimate of drug-likeness (QED) is 0.738. The van der Waals surface area contributed by atoms with Crippen LogP contribution in [0.25, 0.3) is 0 Å². The number of carboxylic acid groups (broad SMARTS) is 1. The molecule has 0 unspecified atom stereocenters. The van der Waals surface area contributed by atoms with Crippen molar-refractivity contribution in [3.05, 3.63) is 0 Å². The van der Waals surface area contributed by atoms with Gasteiger partial charge in [-0.15, -0.1) is 0 Å². The van der Waals surface area contributed by atoms with Gasteiger partial charge in [-0.3, -0.25) is 9.59 Å². The van der Waals surface area contributed by atoms with E-state index in [0.717, 1.165) is 45.1 Å². The summed E-state index contributed by atoms with van der Waals surface area (Å²) in [5.41, 5.74) is -0.00220. The van der Waals surface area contributed by atoms with E-state index in [0.29, 0.717) is 0 Å². The lowest BCUT2D eigenvalue weighted by Crippen LogP contribution is -2.49. The SMILES string of the molecule is CC(=O)N1CCCC12CCC(C(=O)O)CC2. The molecule has 1 N–H and O–H groups in total. The first-order valence-electron chi connectivity index (χ1n) is 6.06. The Kier molecular flexibility index (Phi) is 2.91. The molecule has 2 rings (SSSR count). The highest BCUT2D eigenvalue weighted by molar-refractivity contribution is 5.75. The lowest BCUT2D eigenvalue weighted by molar-refractivity contribution is -0.144. The van der Waals surface area contributed by atoms with Gasteiger partial charge < -0.3 is 10.0 Å². The van der Waals surface area contributed by atoms with Crippen molar-refractivity contribution in [3.63, 3.8) is 0 Å². The van der Waals surface area contributed by atoms with Gasteiger partial charge in [-0.25, -0.2) is 0 Å². The fourth-order valence-electron chi connectivity index (χ4n) is 3.35. The summed E-state index contributed by atoms with van der Waals surface area (Å²) < 4.78 is 0. The lowest BCUT2D eigenvalue weighted by Gasteiger charge is -2.42. The van der Waals surface area contributed by atoms with Gasteiger partial charge in [-0.1, -0.05) is 0 Å². The molecule has 0 aromatic rings. The molecule has 4 heteroatoms. The molecule has 0 aromatic carbocycles. The van der Waals surface area contributed by atoms with Crippen molar-refractivity contribution in [3.8, 4) is 0 Å². The molecule has 0 aromatic heterocycles. The van der Waals surface area contributed by atoms with Crippen LogP contribution < -0.4 is 0 Å². The van der Waals surface area contributed by atoms with Crippen molar-refractivity contribution in [2.24, 2.45) is 5.92 Å². The summed E-state index contributed by atoms with van der Waals surface area (Å²) in [6.45, 7) is 2.48. The molecule has 2 fully saturated rings. The maximum atomic E-state index is 11.5. The van der Waals surface area contributed by atoms with E-state index in [2.05, 4.69) is 0 Å². The monoisotopic (exact) mass is 225 g/mol. The molecule has 0 bridgehead atoms. The molecule has 4 nitrogen and oxygen atoms in total. The van der Waals surface area contributed by atoms with Crippen molar-refractivity contribution in [1.82, 2.24) is 4.90 Å². The molecule has 0 radical (unpaired) electrons. The van der Waals surface area contributed by atoms with Crippen LogP contribution >= 0.6 is 0 Å². The zero-order valence-electron chi connectivity index (χ0n) is 9.74. The summed E-state index contributed by atoms with van der Waals surface area (Å²) in [6, 6.07) is 0. The van der Waals surface area contributed by atoms with E-state index >= 15 is 0 Å². The molecule has 1 saturated heterocycles. The second kappa shape index (κ2) is 4.07. The number of carbonyl (C=O) groups excluding carboxylic acids is 1. The van der Waals surface area contributed by atoms with Crippen LogP contribution in [0.5, 0.6) is 0 Å². The van der Waals surface area contributed by atoms with Gasteiger partial charge >= 0.3 is 5.97 Å². The first-order valence-corrected chi connectivity index (χ1v) is 6.06. The maximum absolute atomic E-state index is 11.5. The van der Waals surface area contributed by atoms with Gasteiger partial charge in [0.25, 0.3) is 0 Å². The van der Waals surface area contributed by atoms with E-state index in [9.17, 15) is 9.59 Å². The molecule has 16 heavy (non-hydrogen) atoms. The minimum absolute atomic E-state index is 0.00220. The Morgan fingerprint density at radius 3 is 2.38 bits per heavy atom. The average molecular weight is 225 g/mol. The molecule has 1 spiro atoms. The predicted molar refractivity (Wildman–Crippen MR) is 58.9 cm³/mol. The number of likely N-dealkylation sites (tertiary alicyclic amines) is 1. The fraction of sp³-hybridized carbons (Fsp3) is 0.833. The summed E-state index contributed by atoms with van der Waals surface area (Å²) in [4.78, 5) is 24.4. The van der Waals surface area contributed by atoms with Crippen LogP contribution in [0, 0.1) is 5.92 Å². The highest BCUT2D eigenvalue weighted by Gasteiger charge is 2.45. The predicted octanol–water partition coefficient (Wildman–Crippen LogP) is 1.64. The van der Waals surface area contributed by atoms with Crippen LogP contribution in [0.2, 0.25) is 0 Å². The number of nitrogens with zero attached hydrogens (tertiary/aromatic N) is 1. The second-order valence-electron chi connectivity index (χ2n) is 5.11. The van der Waals surface area contributed by atoms with Crippen LogP contribution in [0.3, 0.4) is 0 Å². The summed E-state index contributed by atoms with van der Waals surface area (Å²) >= 11 is 0. The number of aliphatic carboxylic acids is 1. The molecule has 1 aliphatic heterocycles. The normalized spacial score (nSPS) is 34.3. The Labute approximate surface area is 95.6 Å². The first-order chi connectivity index (χ1) is 7.55. The largest absolute Gasteiger partial charge is 0.481 e. The van der Waals surface area contributed by atoms with Crippen LogP contribution in [-0.4, -0.2) is 34.0 Å². The number of rotatable bonds is 1. The summed E-state index contributed by atoms with van der Waals surface area (Å²) in [6.07, 6.45) is 5.29. The molecule has 90 valence electrons. The number of carboxylic acids is 1. The fourth-order valence-corrected chi connectivity index (χ4v) is 3.35. The van der Waals surface area contributed by atoms with Gasteiger partial charge in [0.15, 0.2) is 0 Å². The average Bonchev–Trinajstić information content (AvgIpc) is 2.62. The molecule has 2 aliphatic rings. The third-order valence-electron chi connectivity index (χ3n) is 4.24. The Bertz CT molecular complexity index is 305. The molecular weight excluding hydrogens is 206 g/mol.